The fraction of sp³-hybridized carbons (Fsp3) is 0.417. The summed E-state index contributed by atoms with van der Waals surface area (Å²) in [5, 5.41) is 2.69. The van der Waals surface area contributed by atoms with Crippen molar-refractivity contribution in [1.29, 1.82) is 0 Å². The zero-order valence-corrected chi connectivity index (χ0v) is 11.7. The molecule has 1 aromatic carbocycles. The molecule has 0 fully saturated rings. The molecule has 104 valence electrons. The van der Waals surface area contributed by atoms with Crippen LogP contribution in [0.3, 0.4) is 0 Å². The van der Waals surface area contributed by atoms with Crippen molar-refractivity contribution in [2.45, 2.75) is 19.4 Å². The Morgan fingerprint density at radius 1 is 1.47 bits per heavy atom. The van der Waals surface area contributed by atoms with E-state index in [1.807, 2.05) is 0 Å². The number of nitrogens with two attached hydrogens (primary N) is 1. The van der Waals surface area contributed by atoms with Gasteiger partial charge in [0.05, 0.1) is 18.0 Å². The minimum absolute atomic E-state index is 0.266. The lowest BCUT2D eigenvalue weighted by Gasteiger charge is -2.16. The normalized spacial score (nSPS) is 16.1. The van der Waals surface area contributed by atoms with Crippen molar-refractivity contribution < 1.29 is 13.2 Å². The molecule has 0 spiro atoms. The van der Waals surface area contributed by atoms with Gasteiger partial charge < -0.3 is 11.1 Å². The molecule has 0 radical (unpaired) electrons. The molecular weight excluding hydrogens is 266 g/mol. The summed E-state index contributed by atoms with van der Waals surface area (Å²) >= 11 is 0. The van der Waals surface area contributed by atoms with Crippen molar-refractivity contribution in [1.82, 2.24) is 0 Å². The molecule has 3 N–H and O–H groups in total. The second kappa shape index (κ2) is 4.82. The van der Waals surface area contributed by atoms with Crippen LogP contribution in [-0.2, 0) is 21.2 Å². The van der Waals surface area contributed by atoms with Crippen molar-refractivity contribution >= 4 is 27.3 Å². The minimum atomic E-state index is -3.24. The number of carbonyl (C=O) groups is 1. The van der Waals surface area contributed by atoms with Gasteiger partial charge in [-0.25, -0.2) is 8.42 Å². The van der Waals surface area contributed by atoms with E-state index in [9.17, 15) is 13.2 Å². The van der Waals surface area contributed by atoms with Crippen LogP contribution in [0.4, 0.5) is 11.4 Å². The molecule has 0 bridgehead atoms. The molecule has 6 nitrogen and oxygen atoms in total. The maximum Gasteiger partial charge on any atom is 0.240 e. The van der Waals surface area contributed by atoms with E-state index >= 15 is 0 Å². The SMILES string of the molecule is C[C@H](N)C(=O)Nc1ccc2c(c1)CCN2S(C)(=O)=O. The first-order chi connectivity index (χ1) is 8.79. The van der Waals surface area contributed by atoms with Crippen molar-refractivity contribution in [3.63, 3.8) is 0 Å². The van der Waals surface area contributed by atoms with Gasteiger partial charge in [-0.15, -0.1) is 0 Å². The Kier molecular flexibility index (Phi) is 3.51. The third-order valence-electron chi connectivity index (χ3n) is 3.01. The summed E-state index contributed by atoms with van der Waals surface area (Å²) in [7, 11) is -3.24. The average Bonchev–Trinajstić information content (AvgIpc) is 2.71. The highest BCUT2D eigenvalue weighted by atomic mass is 32.2. The largest absolute Gasteiger partial charge is 0.325 e. The minimum Gasteiger partial charge on any atom is -0.325 e. The van der Waals surface area contributed by atoms with E-state index in [4.69, 9.17) is 5.73 Å². The smallest absolute Gasteiger partial charge is 0.240 e. The van der Waals surface area contributed by atoms with Crippen LogP contribution in [0.25, 0.3) is 0 Å². The molecule has 7 heteroatoms. The van der Waals surface area contributed by atoms with Gasteiger partial charge in [0.2, 0.25) is 15.9 Å². The van der Waals surface area contributed by atoms with Crippen molar-refractivity contribution in [3.05, 3.63) is 23.8 Å². The van der Waals surface area contributed by atoms with E-state index in [0.29, 0.717) is 24.3 Å². The Bertz CT molecular complexity index is 611. The first-order valence-corrected chi connectivity index (χ1v) is 7.81. The van der Waals surface area contributed by atoms with E-state index in [1.54, 1.807) is 25.1 Å². The number of nitrogens with one attached hydrogen (secondary N) is 1. The van der Waals surface area contributed by atoms with Gasteiger partial charge in [0, 0.05) is 12.2 Å². The van der Waals surface area contributed by atoms with E-state index < -0.39 is 16.1 Å². The third-order valence-corrected chi connectivity index (χ3v) is 4.19. The molecule has 0 saturated carbocycles. The quantitative estimate of drug-likeness (QED) is 0.834. The van der Waals surface area contributed by atoms with Gasteiger partial charge in [0.1, 0.15) is 0 Å². The molecular formula is C12H17N3O3S. The van der Waals surface area contributed by atoms with Gasteiger partial charge in [-0.05, 0) is 37.1 Å². The Labute approximate surface area is 112 Å². The van der Waals surface area contributed by atoms with E-state index in [1.165, 1.54) is 10.6 Å². The van der Waals surface area contributed by atoms with Gasteiger partial charge in [-0.1, -0.05) is 0 Å². The van der Waals surface area contributed by atoms with Gasteiger partial charge in [0.15, 0.2) is 0 Å². The highest BCUT2D eigenvalue weighted by Gasteiger charge is 2.26. The summed E-state index contributed by atoms with van der Waals surface area (Å²) in [4.78, 5) is 11.5. The van der Waals surface area contributed by atoms with Crippen LogP contribution >= 0.6 is 0 Å². The third kappa shape index (κ3) is 2.87. The number of hydrogen-bond donors (Lipinski definition) is 2. The molecule has 19 heavy (non-hydrogen) atoms. The molecule has 1 aromatic rings. The summed E-state index contributed by atoms with van der Waals surface area (Å²) in [5.74, 6) is -0.266. The molecule has 1 atom stereocenters. The van der Waals surface area contributed by atoms with Crippen LogP contribution in [0.2, 0.25) is 0 Å². The van der Waals surface area contributed by atoms with Crippen molar-refractivity contribution in [3.8, 4) is 0 Å². The number of fused-ring (bicyclic) bond motifs is 1. The number of benzene rings is 1. The topological polar surface area (TPSA) is 92.5 Å². The summed E-state index contributed by atoms with van der Waals surface area (Å²) in [6.07, 6.45) is 1.83. The second-order valence-corrected chi connectivity index (χ2v) is 6.61. The zero-order valence-electron chi connectivity index (χ0n) is 10.9. The van der Waals surface area contributed by atoms with Gasteiger partial charge in [-0.2, -0.15) is 0 Å². The second-order valence-electron chi connectivity index (χ2n) is 4.71. The van der Waals surface area contributed by atoms with Crippen molar-refractivity contribution in [2.24, 2.45) is 5.73 Å². The first-order valence-electron chi connectivity index (χ1n) is 5.96. The highest BCUT2D eigenvalue weighted by molar-refractivity contribution is 7.92. The van der Waals surface area contributed by atoms with Gasteiger partial charge in [0.25, 0.3) is 0 Å². The lowest BCUT2D eigenvalue weighted by Crippen LogP contribution is -2.32. The van der Waals surface area contributed by atoms with Crippen LogP contribution in [0.1, 0.15) is 12.5 Å². The Hall–Kier alpha value is -1.60. The molecule has 1 aliphatic rings. The summed E-state index contributed by atoms with van der Waals surface area (Å²) in [5.41, 5.74) is 7.70. The number of amides is 1. The molecule has 1 aliphatic heterocycles. The average molecular weight is 283 g/mol. The lowest BCUT2D eigenvalue weighted by molar-refractivity contribution is -0.117. The molecule has 0 aromatic heterocycles. The monoisotopic (exact) mass is 283 g/mol. The maximum atomic E-state index is 11.6. The summed E-state index contributed by atoms with van der Waals surface area (Å²) < 4.78 is 24.6. The lowest BCUT2D eigenvalue weighted by atomic mass is 10.1. The number of sulfonamides is 1. The van der Waals surface area contributed by atoms with E-state index in [0.717, 1.165) is 5.56 Å². The van der Waals surface area contributed by atoms with E-state index in [2.05, 4.69) is 5.32 Å². The van der Waals surface area contributed by atoms with Crippen molar-refractivity contribution in [2.75, 3.05) is 22.4 Å². The number of nitrogens with zero attached hydrogens (tertiary/aromatic N) is 1. The Morgan fingerprint density at radius 3 is 2.74 bits per heavy atom. The summed E-state index contributed by atoms with van der Waals surface area (Å²) in [6.45, 7) is 2.05. The number of anilines is 2. The predicted octanol–water partition coefficient (Wildman–Crippen LogP) is 0.294. The standard InChI is InChI=1S/C12H17N3O3S/c1-8(13)12(16)14-10-3-4-11-9(7-10)5-6-15(11)19(2,17)18/h3-4,7-8H,5-6,13H2,1-2H3,(H,14,16)/t8-/m0/s1. The van der Waals surface area contributed by atoms with Crippen LogP contribution in [0.15, 0.2) is 18.2 Å². The molecule has 0 saturated heterocycles. The fourth-order valence-corrected chi connectivity index (χ4v) is 3.01. The summed E-state index contributed by atoms with van der Waals surface area (Å²) in [6, 6.07) is 4.60. The Balaban J connectivity index is 2.25. The zero-order chi connectivity index (χ0) is 14.2. The number of carbonyl (C=O) groups excluding carboxylic acids is 1. The van der Waals surface area contributed by atoms with E-state index in [-0.39, 0.29) is 5.91 Å². The molecule has 1 heterocycles. The van der Waals surface area contributed by atoms with Crippen LogP contribution in [-0.4, -0.2) is 33.2 Å². The highest BCUT2D eigenvalue weighted by Crippen LogP contribution is 2.32. The molecule has 0 aliphatic carbocycles. The predicted molar refractivity (Wildman–Crippen MR) is 74.6 cm³/mol. The van der Waals surface area contributed by atoms with Crippen LogP contribution in [0.5, 0.6) is 0 Å². The van der Waals surface area contributed by atoms with Gasteiger partial charge >= 0.3 is 0 Å². The Morgan fingerprint density at radius 2 is 2.16 bits per heavy atom. The molecule has 1 amide bonds. The first kappa shape index (κ1) is 13.8. The van der Waals surface area contributed by atoms with Crippen LogP contribution in [0, 0.1) is 0 Å². The fourth-order valence-electron chi connectivity index (χ4n) is 2.05. The van der Waals surface area contributed by atoms with Gasteiger partial charge in [-0.3, -0.25) is 9.10 Å². The number of hydrogen-bond acceptors (Lipinski definition) is 4. The number of rotatable bonds is 3. The molecule has 0 unspecified atom stereocenters. The van der Waals surface area contributed by atoms with Crippen LogP contribution < -0.4 is 15.4 Å². The molecule has 2 rings (SSSR count). The maximum absolute atomic E-state index is 11.6.